The number of fused-ring (bicyclic) bond motifs is 1. The van der Waals surface area contributed by atoms with Crippen LogP contribution in [0.25, 0.3) is 16.6 Å². The summed E-state index contributed by atoms with van der Waals surface area (Å²) in [5.74, 6) is -0.601. The molecule has 29 heavy (non-hydrogen) atoms. The van der Waals surface area contributed by atoms with E-state index >= 15 is 0 Å². The highest BCUT2D eigenvalue weighted by atomic mass is 16.2. The van der Waals surface area contributed by atoms with Gasteiger partial charge in [0, 0.05) is 49.3 Å². The van der Waals surface area contributed by atoms with Crippen molar-refractivity contribution in [2.45, 2.75) is 0 Å². The van der Waals surface area contributed by atoms with Crippen molar-refractivity contribution in [2.24, 2.45) is 0 Å². The Morgan fingerprint density at radius 2 is 1.90 bits per heavy atom. The average Bonchev–Trinajstić information content (AvgIpc) is 3.13. The molecule has 0 aliphatic rings. The number of ketones is 1. The van der Waals surface area contributed by atoms with Crippen LogP contribution in [0.3, 0.4) is 0 Å². The molecule has 0 saturated carbocycles. The molecule has 0 aliphatic carbocycles. The molecule has 7 heteroatoms. The zero-order chi connectivity index (χ0) is 20.4. The number of Topliss-reactive ketones (excluding diaryl/α,β-unsaturated/α-hetero) is 1. The van der Waals surface area contributed by atoms with Crippen molar-refractivity contribution in [2.75, 3.05) is 24.3 Å². The molecule has 0 bridgehead atoms. The highest BCUT2D eigenvalue weighted by molar-refractivity contribution is 6.47. The maximum Gasteiger partial charge on any atom is 0.298 e. The van der Waals surface area contributed by atoms with E-state index in [0.717, 1.165) is 16.9 Å². The summed E-state index contributed by atoms with van der Waals surface area (Å²) in [5.41, 5.74) is 3.00. The third kappa shape index (κ3) is 3.58. The first kappa shape index (κ1) is 18.4. The van der Waals surface area contributed by atoms with Crippen molar-refractivity contribution in [3.8, 4) is 11.1 Å². The molecule has 0 fully saturated rings. The SMILES string of the molecule is CN(C)c1ccc(NC(=O)C(=O)c2c(-c3cccnc3)cc3ccccn23)cn1. The number of carbonyl (C=O) groups is 2. The number of hydrogen-bond donors (Lipinski definition) is 1. The van der Waals surface area contributed by atoms with E-state index in [0.29, 0.717) is 16.9 Å². The van der Waals surface area contributed by atoms with Crippen molar-refractivity contribution in [3.63, 3.8) is 0 Å². The average molecular weight is 385 g/mol. The number of nitrogens with zero attached hydrogens (tertiary/aromatic N) is 4. The van der Waals surface area contributed by atoms with Gasteiger partial charge in [-0.2, -0.15) is 0 Å². The summed E-state index contributed by atoms with van der Waals surface area (Å²) in [7, 11) is 3.75. The molecule has 0 saturated heterocycles. The molecule has 7 nitrogen and oxygen atoms in total. The van der Waals surface area contributed by atoms with Crippen LogP contribution in [0, 0.1) is 0 Å². The predicted molar refractivity (Wildman–Crippen MR) is 112 cm³/mol. The van der Waals surface area contributed by atoms with E-state index in [9.17, 15) is 9.59 Å². The second-order valence-corrected chi connectivity index (χ2v) is 6.73. The Bertz CT molecular complexity index is 1180. The molecule has 0 unspecified atom stereocenters. The number of carbonyl (C=O) groups excluding carboxylic acids is 2. The summed E-state index contributed by atoms with van der Waals surface area (Å²) in [6.45, 7) is 0. The van der Waals surface area contributed by atoms with E-state index in [1.54, 1.807) is 41.2 Å². The molecule has 4 rings (SSSR count). The molecule has 4 aromatic heterocycles. The molecular weight excluding hydrogens is 366 g/mol. The fraction of sp³-hybridized carbons (Fsp3) is 0.0909. The molecule has 0 atom stereocenters. The van der Waals surface area contributed by atoms with Gasteiger partial charge in [0.1, 0.15) is 11.5 Å². The normalized spacial score (nSPS) is 10.7. The summed E-state index contributed by atoms with van der Waals surface area (Å²) in [4.78, 5) is 36.1. The molecule has 4 heterocycles. The monoisotopic (exact) mass is 385 g/mol. The van der Waals surface area contributed by atoms with Crippen LogP contribution < -0.4 is 10.2 Å². The Balaban J connectivity index is 1.70. The van der Waals surface area contributed by atoms with E-state index in [2.05, 4.69) is 15.3 Å². The number of nitrogens with one attached hydrogen (secondary N) is 1. The maximum absolute atomic E-state index is 13.1. The first-order valence-electron chi connectivity index (χ1n) is 9.04. The van der Waals surface area contributed by atoms with Crippen molar-refractivity contribution in [1.82, 2.24) is 14.4 Å². The standard InChI is InChI=1S/C22H19N5O2/c1-26(2)19-9-8-16(14-24-19)25-22(29)21(28)20-18(15-6-5-10-23-13-15)12-17-7-3-4-11-27(17)20/h3-14H,1-2H3,(H,25,29). The molecule has 1 amide bonds. The number of pyridine rings is 3. The van der Waals surface area contributed by atoms with Gasteiger partial charge >= 0.3 is 0 Å². The van der Waals surface area contributed by atoms with Crippen LogP contribution in [0.4, 0.5) is 11.5 Å². The van der Waals surface area contributed by atoms with E-state index in [-0.39, 0.29) is 0 Å². The Morgan fingerprint density at radius 1 is 1.03 bits per heavy atom. The summed E-state index contributed by atoms with van der Waals surface area (Å²) in [6, 6.07) is 14.6. The van der Waals surface area contributed by atoms with Crippen LogP contribution in [-0.4, -0.2) is 40.2 Å². The van der Waals surface area contributed by atoms with Crippen LogP contribution in [0.5, 0.6) is 0 Å². The smallest absolute Gasteiger partial charge is 0.298 e. The molecular formula is C22H19N5O2. The summed E-state index contributed by atoms with van der Waals surface area (Å²) in [6.07, 6.45) is 6.63. The van der Waals surface area contributed by atoms with Gasteiger partial charge in [0.05, 0.1) is 11.9 Å². The van der Waals surface area contributed by atoms with Crippen molar-refractivity contribution >= 4 is 28.7 Å². The van der Waals surface area contributed by atoms with Gasteiger partial charge in [-0.15, -0.1) is 0 Å². The molecule has 0 aromatic carbocycles. The lowest BCUT2D eigenvalue weighted by Crippen LogP contribution is -2.24. The third-order valence-electron chi connectivity index (χ3n) is 4.54. The van der Waals surface area contributed by atoms with E-state index in [1.165, 1.54) is 6.20 Å². The highest BCUT2D eigenvalue weighted by Crippen LogP contribution is 2.28. The second-order valence-electron chi connectivity index (χ2n) is 6.73. The molecule has 4 aromatic rings. The predicted octanol–water partition coefficient (Wildman–Crippen LogP) is 3.28. The van der Waals surface area contributed by atoms with Gasteiger partial charge in [-0.1, -0.05) is 12.1 Å². The lowest BCUT2D eigenvalue weighted by Gasteiger charge is -2.11. The fourth-order valence-electron chi connectivity index (χ4n) is 3.12. The van der Waals surface area contributed by atoms with E-state index in [1.807, 2.05) is 49.3 Å². The van der Waals surface area contributed by atoms with Crippen LogP contribution in [0.15, 0.2) is 73.3 Å². The number of rotatable bonds is 5. The number of hydrogen-bond acceptors (Lipinski definition) is 5. The summed E-state index contributed by atoms with van der Waals surface area (Å²) in [5, 5.41) is 2.64. The van der Waals surface area contributed by atoms with Crippen LogP contribution in [0.2, 0.25) is 0 Å². The highest BCUT2D eigenvalue weighted by Gasteiger charge is 2.25. The molecule has 0 spiro atoms. The molecule has 0 radical (unpaired) electrons. The molecule has 0 aliphatic heterocycles. The van der Waals surface area contributed by atoms with Crippen molar-refractivity contribution in [3.05, 3.63) is 79.0 Å². The number of aromatic nitrogens is 3. The Hall–Kier alpha value is -4.00. The quantitative estimate of drug-likeness (QED) is 0.421. The summed E-state index contributed by atoms with van der Waals surface area (Å²) >= 11 is 0. The van der Waals surface area contributed by atoms with Gasteiger partial charge in [-0.05, 0) is 36.4 Å². The van der Waals surface area contributed by atoms with Gasteiger partial charge in [0.2, 0.25) is 0 Å². The third-order valence-corrected chi connectivity index (χ3v) is 4.54. The number of amides is 1. The first-order valence-corrected chi connectivity index (χ1v) is 9.04. The Morgan fingerprint density at radius 3 is 2.59 bits per heavy atom. The minimum Gasteiger partial charge on any atom is -0.363 e. The van der Waals surface area contributed by atoms with Gasteiger partial charge in [-0.3, -0.25) is 14.6 Å². The zero-order valence-electron chi connectivity index (χ0n) is 16.0. The zero-order valence-corrected chi connectivity index (χ0v) is 16.0. The Labute approximate surface area is 167 Å². The summed E-state index contributed by atoms with van der Waals surface area (Å²) < 4.78 is 1.72. The van der Waals surface area contributed by atoms with Crippen LogP contribution in [0.1, 0.15) is 10.5 Å². The molecule has 1 N–H and O–H groups in total. The topological polar surface area (TPSA) is 79.6 Å². The minimum absolute atomic E-state index is 0.295. The van der Waals surface area contributed by atoms with E-state index in [4.69, 9.17) is 0 Å². The van der Waals surface area contributed by atoms with Gasteiger partial charge in [0.15, 0.2) is 0 Å². The van der Waals surface area contributed by atoms with Gasteiger partial charge in [-0.25, -0.2) is 4.98 Å². The Kier molecular flexibility index (Phi) is 4.78. The second kappa shape index (κ2) is 7.55. The van der Waals surface area contributed by atoms with Gasteiger partial charge in [0.25, 0.3) is 11.7 Å². The van der Waals surface area contributed by atoms with Crippen molar-refractivity contribution < 1.29 is 9.59 Å². The lowest BCUT2D eigenvalue weighted by molar-refractivity contribution is -0.112. The largest absolute Gasteiger partial charge is 0.363 e. The van der Waals surface area contributed by atoms with E-state index < -0.39 is 11.7 Å². The lowest BCUT2D eigenvalue weighted by atomic mass is 10.1. The van der Waals surface area contributed by atoms with Gasteiger partial charge < -0.3 is 14.6 Å². The fourth-order valence-corrected chi connectivity index (χ4v) is 3.12. The first-order chi connectivity index (χ1) is 14.0. The minimum atomic E-state index is -0.724. The van der Waals surface area contributed by atoms with Crippen molar-refractivity contribution in [1.29, 1.82) is 0 Å². The molecule has 144 valence electrons. The van der Waals surface area contributed by atoms with Crippen LogP contribution >= 0.6 is 0 Å². The van der Waals surface area contributed by atoms with Crippen LogP contribution in [-0.2, 0) is 4.79 Å². The number of anilines is 2. The maximum atomic E-state index is 13.1.